The Hall–Kier alpha value is -5.12. The van der Waals surface area contributed by atoms with Crippen LogP contribution in [0.25, 0.3) is 11.2 Å². The van der Waals surface area contributed by atoms with Crippen LogP contribution < -0.4 is 20.5 Å². The quantitative estimate of drug-likeness (QED) is 0.305. The Morgan fingerprint density at radius 1 is 1.08 bits per heavy atom. The molecule has 0 aliphatic carbocycles. The Kier molecular flexibility index (Phi) is 6.06. The zero-order chi connectivity index (χ0) is 25.1. The van der Waals surface area contributed by atoms with Gasteiger partial charge in [0, 0.05) is 17.8 Å². The van der Waals surface area contributed by atoms with Crippen molar-refractivity contribution >= 4 is 28.8 Å². The first-order valence-electron chi connectivity index (χ1n) is 11.0. The molecule has 0 fully saturated rings. The van der Waals surface area contributed by atoms with Crippen molar-refractivity contribution in [3.8, 4) is 17.4 Å². The van der Waals surface area contributed by atoms with Crippen LogP contribution in [-0.2, 0) is 11.3 Å². The number of hydrogen-bond acceptors (Lipinski definition) is 7. The molecule has 0 saturated heterocycles. The molecular formula is C26H23N7O3. The second kappa shape index (κ2) is 9.63. The van der Waals surface area contributed by atoms with E-state index in [2.05, 4.69) is 27.1 Å². The fraction of sp³-hybridized carbons (Fsp3) is 0.0769. The number of aromatic nitrogens is 5. The number of amides is 1. The van der Waals surface area contributed by atoms with E-state index in [0.717, 1.165) is 17.0 Å². The largest absolute Gasteiger partial charge is 0.497 e. The summed E-state index contributed by atoms with van der Waals surface area (Å²) in [5, 5.41) is 12.1. The van der Waals surface area contributed by atoms with E-state index in [1.165, 1.54) is 0 Å². The third-order valence-electron chi connectivity index (χ3n) is 5.40. The van der Waals surface area contributed by atoms with Gasteiger partial charge in [0.1, 0.15) is 11.5 Å². The van der Waals surface area contributed by atoms with Gasteiger partial charge in [0.15, 0.2) is 5.65 Å². The van der Waals surface area contributed by atoms with Crippen LogP contribution in [0.1, 0.15) is 11.1 Å². The number of nitrogens with two attached hydrogens (primary N) is 1. The van der Waals surface area contributed by atoms with Crippen molar-refractivity contribution < 1.29 is 14.3 Å². The highest BCUT2D eigenvalue weighted by Crippen LogP contribution is 2.26. The van der Waals surface area contributed by atoms with E-state index in [-0.39, 0.29) is 5.57 Å². The molecule has 10 nitrogen and oxygen atoms in total. The number of nitrogens with one attached hydrogen (secondary N) is 1. The number of carbonyl (C=O) groups excluding carboxylic acids is 1. The Morgan fingerprint density at radius 3 is 2.72 bits per heavy atom. The van der Waals surface area contributed by atoms with Crippen molar-refractivity contribution in [3.05, 3.63) is 96.8 Å². The van der Waals surface area contributed by atoms with Crippen LogP contribution in [0, 0.1) is 0 Å². The highest BCUT2D eigenvalue weighted by atomic mass is 16.5. The second-order valence-corrected chi connectivity index (χ2v) is 7.95. The zero-order valence-corrected chi connectivity index (χ0v) is 19.5. The first-order chi connectivity index (χ1) is 17.5. The summed E-state index contributed by atoms with van der Waals surface area (Å²) in [6.45, 7) is 4.31. The SMILES string of the molecule is C=C(C(N)=O)c1cccc(Oc2cccc3nc(Nc4cnn(Cc5cccc(OC)c5)c4)nn23)c1. The fourth-order valence-corrected chi connectivity index (χ4v) is 3.62. The summed E-state index contributed by atoms with van der Waals surface area (Å²) in [7, 11) is 1.64. The molecule has 0 aliphatic rings. The van der Waals surface area contributed by atoms with Gasteiger partial charge >= 0.3 is 0 Å². The molecule has 0 saturated carbocycles. The van der Waals surface area contributed by atoms with Gasteiger partial charge in [0.25, 0.3) is 0 Å². The number of ether oxygens (including phenoxy) is 2. The number of pyridine rings is 1. The normalized spacial score (nSPS) is 10.8. The first kappa shape index (κ1) is 22.7. The summed E-state index contributed by atoms with van der Waals surface area (Å²) in [5.41, 5.74) is 8.54. The van der Waals surface area contributed by atoms with Gasteiger partial charge in [-0.3, -0.25) is 9.48 Å². The lowest BCUT2D eigenvalue weighted by Crippen LogP contribution is -2.11. The van der Waals surface area contributed by atoms with Crippen LogP contribution in [0.3, 0.4) is 0 Å². The van der Waals surface area contributed by atoms with Crippen molar-refractivity contribution in [1.29, 1.82) is 0 Å². The molecule has 5 rings (SSSR count). The smallest absolute Gasteiger partial charge is 0.248 e. The molecule has 0 atom stereocenters. The Balaban J connectivity index is 1.33. The average molecular weight is 482 g/mol. The number of methoxy groups -OCH3 is 1. The van der Waals surface area contributed by atoms with Crippen LogP contribution in [-0.4, -0.2) is 37.4 Å². The molecule has 1 amide bonds. The highest BCUT2D eigenvalue weighted by Gasteiger charge is 2.12. The zero-order valence-electron chi connectivity index (χ0n) is 19.5. The standard InChI is InChI=1S/C26H23N7O3/c1-17(25(27)34)19-7-4-9-22(13-19)36-24-11-5-10-23-30-26(31-33(23)24)29-20-14-28-32(16-20)15-18-6-3-8-21(12-18)35-2/h3-14,16H,1,15H2,2H3,(H2,27,34)(H,29,31). The Bertz CT molecular complexity index is 1570. The van der Waals surface area contributed by atoms with Crippen molar-refractivity contribution in [3.63, 3.8) is 0 Å². The molecule has 0 radical (unpaired) electrons. The predicted molar refractivity (Wildman–Crippen MR) is 135 cm³/mol. The molecule has 10 heteroatoms. The van der Waals surface area contributed by atoms with Gasteiger partial charge in [-0.2, -0.15) is 14.6 Å². The number of fused-ring (bicyclic) bond motifs is 1. The predicted octanol–water partition coefficient (Wildman–Crippen LogP) is 4.02. The molecule has 180 valence electrons. The molecule has 3 N–H and O–H groups in total. The lowest BCUT2D eigenvalue weighted by Gasteiger charge is -2.08. The molecule has 3 heterocycles. The molecule has 5 aromatic rings. The molecule has 2 aromatic carbocycles. The van der Waals surface area contributed by atoms with E-state index in [0.29, 0.717) is 35.3 Å². The van der Waals surface area contributed by atoms with E-state index in [1.807, 2.05) is 47.3 Å². The van der Waals surface area contributed by atoms with Gasteiger partial charge in [-0.05, 0) is 41.5 Å². The first-order valence-corrected chi connectivity index (χ1v) is 11.0. The fourth-order valence-electron chi connectivity index (χ4n) is 3.62. The van der Waals surface area contributed by atoms with Gasteiger partial charge in [-0.25, -0.2) is 0 Å². The molecule has 3 aromatic heterocycles. The Labute approximate surface area is 206 Å². The number of anilines is 2. The number of rotatable bonds is 9. The molecule has 0 unspecified atom stereocenters. The second-order valence-electron chi connectivity index (χ2n) is 7.95. The number of carbonyl (C=O) groups is 1. The molecule has 0 aliphatic heterocycles. The molecule has 0 spiro atoms. The van der Waals surface area contributed by atoms with Crippen molar-refractivity contribution in [2.75, 3.05) is 12.4 Å². The lowest BCUT2D eigenvalue weighted by molar-refractivity contribution is -0.112. The third-order valence-corrected chi connectivity index (χ3v) is 5.40. The van der Waals surface area contributed by atoms with Crippen LogP contribution >= 0.6 is 0 Å². The van der Waals surface area contributed by atoms with Crippen molar-refractivity contribution in [2.45, 2.75) is 6.54 Å². The molecule has 0 bridgehead atoms. The third kappa shape index (κ3) is 4.87. The maximum Gasteiger partial charge on any atom is 0.248 e. The van der Waals surface area contributed by atoms with E-state index in [9.17, 15) is 4.79 Å². The van der Waals surface area contributed by atoms with E-state index in [4.69, 9.17) is 15.2 Å². The van der Waals surface area contributed by atoms with Crippen LogP contribution in [0.4, 0.5) is 11.6 Å². The maximum atomic E-state index is 11.5. The lowest BCUT2D eigenvalue weighted by atomic mass is 10.1. The minimum absolute atomic E-state index is 0.206. The van der Waals surface area contributed by atoms with Gasteiger partial charge in [0.2, 0.25) is 17.7 Å². The maximum absolute atomic E-state index is 11.5. The summed E-state index contributed by atoms with van der Waals surface area (Å²) in [5.74, 6) is 1.56. The van der Waals surface area contributed by atoms with Crippen molar-refractivity contribution in [1.82, 2.24) is 24.4 Å². The van der Waals surface area contributed by atoms with Gasteiger partial charge in [0.05, 0.1) is 25.5 Å². The van der Waals surface area contributed by atoms with Gasteiger partial charge in [-0.15, -0.1) is 5.10 Å². The number of primary amides is 1. The van der Waals surface area contributed by atoms with E-state index < -0.39 is 5.91 Å². The monoisotopic (exact) mass is 481 g/mol. The summed E-state index contributed by atoms with van der Waals surface area (Å²) >= 11 is 0. The summed E-state index contributed by atoms with van der Waals surface area (Å²) < 4.78 is 14.7. The van der Waals surface area contributed by atoms with E-state index >= 15 is 0 Å². The number of nitrogens with zero attached hydrogens (tertiary/aromatic N) is 5. The van der Waals surface area contributed by atoms with Crippen LogP contribution in [0.5, 0.6) is 17.4 Å². The van der Waals surface area contributed by atoms with Gasteiger partial charge < -0.3 is 20.5 Å². The number of benzene rings is 2. The minimum Gasteiger partial charge on any atom is -0.497 e. The van der Waals surface area contributed by atoms with E-state index in [1.54, 1.807) is 48.2 Å². The average Bonchev–Trinajstić information content (AvgIpc) is 3.50. The summed E-state index contributed by atoms with van der Waals surface area (Å²) in [6, 6.07) is 20.2. The summed E-state index contributed by atoms with van der Waals surface area (Å²) in [4.78, 5) is 16.0. The van der Waals surface area contributed by atoms with Crippen LogP contribution in [0.15, 0.2) is 85.7 Å². The van der Waals surface area contributed by atoms with Gasteiger partial charge in [-0.1, -0.05) is 36.9 Å². The molecule has 36 heavy (non-hydrogen) atoms. The van der Waals surface area contributed by atoms with Crippen LogP contribution in [0.2, 0.25) is 0 Å². The van der Waals surface area contributed by atoms with Crippen molar-refractivity contribution in [2.24, 2.45) is 5.73 Å². The Morgan fingerprint density at radius 2 is 1.89 bits per heavy atom. The highest BCUT2D eigenvalue weighted by molar-refractivity contribution is 6.17. The summed E-state index contributed by atoms with van der Waals surface area (Å²) in [6.07, 6.45) is 3.58. The molecular weight excluding hydrogens is 458 g/mol. The topological polar surface area (TPSA) is 122 Å². The minimum atomic E-state index is -0.590. The number of hydrogen-bond donors (Lipinski definition) is 2.